The van der Waals surface area contributed by atoms with Crippen LogP contribution in [0, 0.1) is 3.70 Å². The maximum Gasteiger partial charge on any atom is 0.193 e. The first kappa shape index (κ1) is 13.2. The van der Waals surface area contributed by atoms with Crippen LogP contribution < -0.4 is 10.2 Å². The van der Waals surface area contributed by atoms with Gasteiger partial charge in [0.1, 0.15) is 15.1 Å². The van der Waals surface area contributed by atoms with Crippen molar-refractivity contribution in [3.05, 3.63) is 56.0 Å². The summed E-state index contributed by atoms with van der Waals surface area (Å²) in [5.74, 6) is 0.821. The van der Waals surface area contributed by atoms with Crippen LogP contribution in [0.1, 0.15) is 5.56 Å². The average Bonchev–Trinajstić information content (AvgIpc) is 2.77. The van der Waals surface area contributed by atoms with Crippen LogP contribution in [0.5, 0.6) is 5.75 Å². The molecule has 6 heteroatoms. The number of hydrogen-bond donors (Lipinski definition) is 1. The molecule has 2 aromatic heterocycles. The number of rotatable bonds is 3. The number of methoxy groups -OCH3 is 1. The highest BCUT2D eigenvalue weighted by atomic mass is 127. The summed E-state index contributed by atoms with van der Waals surface area (Å²) in [6.45, 7) is 0.601. The van der Waals surface area contributed by atoms with E-state index in [9.17, 15) is 4.79 Å². The van der Waals surface area contributed by atoms with Crippen molar-refractivity contribution in [3.63, 3.8) is 0 Å². The minimum absolute atomic E-state index is 0.0101. The number of halogens is 1. The Morgan fingerprint density at radius 2 is 2.05 bits per heavy atom. The number of H-pyrrole nitrogens is 1. The van der Waals surface area contributed by atoms with Gasteiger partial charge in [-0.25, -0.2) is 4.68 Å². The largest absolute Gasteiger partial charge is 0.497 e. The van der Waals surface area contributed by atoms with Crippen LogP contribution in [0.4, 0.5) is 0 Å². The van der Waals surface area contributed by atoms with Gasteiger partial charge in [-0.05, 0) is 40.3 Å². The molecule has 0 spiro atoms. The number of hydrogen-bond acceptors (Lipinski definition) is 3. The van der Waals surface area contributed by atoms with Crippen molar-refractivity contribution in [2.24, 2.45) is 0 Å². The molecule has 0 saturated carbocycles. The van der Waals surface area contributed by atoms with E-state index in [1.807, 2.05) is 24.3 Å². The lowest BCUT2D eigenvalue weighted by Gasteiger charge is -2.05. The third-order valence-corrected chi connectivity index (χ3v) is 3.86. The lowest BCUT2D eigenvalue weighted by atomic mass is 10.2. The first-order valence-corrected chi connectivity index (χ1v) is 7.13. The van der Waals surface area contributed by atoms with Crippen molar-refractivity contribution in [2.75, 3.05) is 7.11 Å². The van der Waals surface area contributed by atoms with Crippen molar-refractivity contribution < 1.29 is 4.74 Å². The molecular weight excluding hydrogens is 369 g/mol. The van der Waals surface area contributed by atoms with Crippen LogP contribution in [-0.2, 0) is 6.54 Å². The molecule has 1 N–H and O–H groups in total. The lowest BCUT2D eigenvalue weighted by Crippen LogP contribution is -2.04. The minimum atomic E-state index is -0.0101. The fraction of sp³-hybridized carbons (Fsp3) is 0.143. The Morgan fingerprint density at radius 1 is 1.30 bits per heavy atom. The summed E-state index contributed by atoms with van der Waals surface area (Å²) in [7, 11) is 1.64. The topological polar surface area (TPSA) is 59.9 Å². The zero-order valence-corrected chi connectivity index (χ0v) is 12.9. The quantitative estimate of drug-likeness (QED) is 0.709. The zero-order chi connectivity index (χ0) is 14.1. The number of fused-ring (bicyclic) bond motifs is 1. The van der Waals surface area contributed by atoms with Gasteiger partial charge in [0.25, 0.3) is 0 Å². The van der Waals surface area contributed by atoms with Gasteiger partial charge in [-0.3, -0.25) is 4.79 Å². The summed E-state index contributed by atoms with van der Waals surface area (Å²) in [5.41, 5.74) is 1.83. The molecule has 1 aromatic carbocycles. The van der Waals surface area contributed by atoms with Crippen molar-refractivity contribution in [1.82, 2.24) is 14.8 Å². The highest BCUT2D eigenvalue weighted by Gasteiger charge is 2.11. The number of ether oxygens (including phenoxy) is 1. The van der Waals surface area contributed by atoms with Crippen molar-refractivity contribution in [3.8, 4) is 5.75 Å². The Morgan fingerprint density at radius 3 is 2.75 bits per heavy atom. The van der Waals surface area contributed by atoms with Crippen LogP contribution >= 0.6 is 22.6 Å². The van der Waals surface area contributed by atoms with Gasteiger partial charge < -0.3 is 9.72 Å². The maximum atomic E-state index is 11.9. The normalized spacial score (nSPS) is 10.9. The maximum absolute atomic E-state index is 11.9. The minimum Gasteiger partial charge on any atom is -0.497 e. The second-order valence-electron chi connectivity index (χ2n) is 4.36. The van der Waals surface area contributed by atoms with Gasteiger partial charge in [-0.15, -0.1) is 0 Å². The van der Waals surface area contributed by atoms with Crippen molar-refractivity contribution in [2.45, 2.75) is 6.54 Å². The Bertz CT molecular complexity index is 805. The zero-order valence-electron chi connectivity index (χ0n) is 10.8. The van der Waals surface area contributed by atoms with E-state index >= 15 is 0 Å². The molecule has 0 saturated heterocycles. The third-order valence-electron chi connectivity index (χ3n) is 3.10. The standard InChI is InChI=1S/C14H12IN3O2/c1-20-10-4-2-9(3-5-10)8-18-14-12(13(15)17-18)11(19)6-7-16-14/h2-7H,8H2,1H3,(H,16,19). The fourth-order valence-electron chi connectivity index (χ4n) is 2.10. The van der Waals surface area contributed by atoms with Crippen LogP contribution in [0.25, 0.3) is 11.0 Å². The van der Waals surface area contributed by atoms with Crippen LogP contribution in [0.2, 0.25) is 0 Å². The van der Waals surface area contributed by atoms with Gasteiger partial charge in [0.05, 0.1) is 19.0 Å². The molecule has 0 unspecified atom stereocenters. The third kappa shape index (κ3) is 2.31. The second kappa shape index (κ2) is 5.28. The molecule has 0 aliphatic carbocycles. The molecule has 0 fully saturated rings. The van der Waals surface area contributed by atoms with Gasteiger partial charge in [-0.1, -0.05) is 12.1 Å². The summed E-state index contributed by atoms with van der Waals surface area (Å²) in [5, 5.41) is 5.07. The number of aromatic amines is 1. The first-order chi connectivity index (χ1) is 9.69. The molecule has 102 valence electrons. The molecule has 0 radical (unpaired) electrons. The highest BCUT2D eigenvalue weighted by Crippen LogP contribution is 2.17. The molecule has 0 amide bonds. The molecule has 0 atom stereocenters. The molecule has 0 aliphatic heterocycles. The van der Waals surface area contributed by atoms with Crippen molar-refractivity contribution >= 4 is 33.6 Å². The van der Waals surface area contributed by atoms with Crippen LogP contribution in [0.3, 0.4) is 0 Å². The van der Waals surface area contributed by atoms with Gasteiger partial charge in [0, 0.05) is 12.3 Å². The predicted octanol–water partition coefficient (Wildman–Crippen LogP) is 2.39. The second-order valence-corrected chi connectivity index (χ2v) is 5.38. The number of nitrogens with zero attached hydrogens (tertiary/aromatic N) is 2. The number of benzene rings is 1. The summed E-state index contributed by atoms with van der Waals surface area (Å²) in [4.78, 5) is 14.9. The Labute approximate surface area is 128 Å². The van der Waals surface area contributed by atoms with E-state index in [1.54, 1.807) is 18.0 Å². The summed E-state index contributed by atoms with van der Waals surface area (Å²) in [6.07, 6.45) is 1.65. The van der Waals surface area contributed by atoms with E-state index in [-0.39, 0.29) is 5.43 Å². The van der Waals surface area contributed by atoms with Crippen LogP contribution in [-0.4, -0.2) is 21.9 Å². The Kier molecular flexibility index (Phi) is 3.47. The average molecular weight is 381 g/mol. The predicted molar refractivity (Wildman–Crippen MR) is 85.2 cm³/mol. The molecule has 0 bridgehead atoms. The van der Waals surface area contributed by atoms with Gasteiger partial charge in [0.2, 0.25) is 0 Å². The van der Waals surface area contributed by atoms with E-state index in [2.05, 4.69) is 32.7 Å². The number of pyridine rings is 1. The number of aromatic nitrogens is 3. The van der Waals surface area contributed by atoms with E-state index in [0.29, 0.717) is 15.6 Å². The number of nitrogens with one attached hydrogen (secondary N) is 1. The van der Waals surface area contributed by atoms with E-state index < -0.39 is 0 Å². The van der Waals surface area contributed by atoms with Gasteiger partial charge >= 0.3 is 0 Å². The van der Waals surface area contributed by atoms with E-state index in [0.717, 1.165) is 17.0 Å². The monoisotopic (exact) mass is 381 g/mol. The molecule has 5 nitrogen and oxygen atoms in total. The summed E-state index contributed by atoms with van der Waals surface area (Å²) >= 11 is 2.09. The summed E-state index contributed by atoms with van der Waals surface area (Å²) in [6, 6.07) is 9.31. The highest BCUT2D eigenvalue weighted by molar-refractivity contribution is 14.1. The lowest BCUT2D eigenvalue weighted by molar-refractivity contribution is 0.414. The van der Waals surface area contributed by atoms with E-state index in [1.165, 1.54) is 6.07 Å². The first-order valence-electron chi connectivity index (χ1n) is 6.05. The SMILES string of the molecule is COc1ccc(Cn2nc(I)c3c(=O)cc[nH]c32)cc1. The molecule has 3 aromatic rings. The van der Waals surface area contributed by atoms with Gasteiger partial charge in [0.15, 0.2) is 5.43 Å². The molecule has 0 aliphatic rings. The molecular formula is C14H12IN3O2. The Hall–Kier alpha value is -1.83. The molecule has 20 heavy (non-hydrogen) atoms. The van der Waals surface area contributed by atoms with Crippen molar-refractivity contribution in [1.29, 1.82) is 0 Å². The Balaban J connectivity index is 2.02. The summed E-state index contributed by atoms with van der Waals surface area (Å²) < 4.78 is 7.66. The smallest absolute Gasteiger partial charge is 0.193 e. The van der Waals surface area contributed by atoms with E-state index in [4.69, 9.17) is 4.74 Å². The fourth-order valence-corrected chi connectivity index (χ4v) is 2.88. The molecule has 2 heterocycles. The molecule has 3 rings (SSSR count). The van der Waals surface area contributed by atoms with Gasteiger partial charge in [-0.2, -0.15) is 5.10 Å². The van der Waals surface area contributed by atoms with Crippen LogP contribution in [0.15, 0.2) is 41.3 Å².